The Morgan fingerprint density at radius 2 is 0.701 bits per heavy atom. The molecule has 12 rings (SSSR count). The van der Waals surface area contributed by atoms with Gasteiger partial charge in [0.05, 0.1) is 11.0 Å². The van der Waals surface area contributed by atoms with E-state index in [1.165, 1.54) is 21.9 Å². The summed E-state index contributed by atoms with van der Waals surface area (Å²) in [4.78, 5) is 24.1. The second kappa shape index (κ2) is 17.1. The molecule has 0 amide bonds. The third kappa shape index (κ3) is 7.62. The summed E-state index contributed by atoms with van der Waals surface area (Å²) in [5.74, 6) is 1.80. The third-order valence-electron chi connectivity index (χ3n) is 12.4. The molecule has 0 fully saturated rings. The first-order valence-corrected chi connectivity index (χ1v) is 22.4. The Balaban J connectivity index is 1.00. The fraction of sp³-hybridized carbons (Fsp3) is 0. The molecule has 0 atom stereocenters. The van der Waals surface area contributed by atoms with Crippen molar-refractivity contribution in [3.63, 3.8) is 0 Å². The molecule has 6 nitrogen and oxygen atoms in total. The Morgan fingerprint density at radius 1 is 0.269 bits per heavy atom. The van der Waals surface area contributed by atoms with Gasteiger partial charge in [-0.25, -0.2) is 15.0 Å². The Kier molecular flexibility index (Phi) is 10.1. The number of hydrogen-bond acceptors (Lipinski definition) is 5. The van der Waals surface area contributed by atoms with Gasteiger partial charge in [0.1, 0.15) is 0 Å². The van der Waals surface area contributed by atoms with E-state index in [2.05, 4.69) is 178 Å². The lowest BCUT2D eigenvalue weighted by Crippen LogP contribution is -2.00. The lowest BCUT2D eigenvalue weighted by atomic mass is 9.93. The average Bonchev–Trinajstić information content (AvgIpc) is 3.76. The van der Waals surface area contributed by atoms with Crippen LogP contribution in [-0.2, 0) is 0 Å². The van der Waals surface area contributed by atoms with E-state index >= 15 is 0 Å². The standard InChI is InChI=1S/C61H40N6/c1-4-13-41(14-5-1)46-25-26-56-55(40-46)58-54(23-12-24-57(58)67(56)53-21-8-3-9-22-53)47-18-11-20-49(36-47)61-65-59(44-15-6-2-7-16-44)64-60(66-61)48-19-10-17-45(35-48)52-38-50(42-27-31-62-32-28-42)37-51(39-52)43-29-33-63-34-30-43/h1-40H. The highest BCUT2D eigenvalue weighted by Crippen LogP contribution is 2.41. The molecular formula is C61H40N6. The minimum Gasteiger partial charge on any atom is -0.309 e. The molecule has 0 bridgehead atoms. The summed E-state index contributed by atoms with van der Waals surface area (Å²) in [6, 6.07) is 76.8. The molecule has 0 saturated heterocycles. The normalized spacial score (nSPS) is 11.3. The number of fused-ring (bicyclic) bond motifs is 3. The number of rotatable bonds is 9. The fourth-order valence-electron chi connectivity index (χ4n) is 9.21. The third-order valence-corrected chi connectivity index (χ3v) is 12.4. The van der Waals surface area contributed by atoms with Crippen molar-refractivity contribution in [1.29, 1.82) is 0 Å². The fourth-order valence-corrected chi connectivity index (χ4v) is 9.21. The summed E-state index contributed by atoms with van der Waals surface area (Å²) in [7, 11) is 0. The van der Waals surface area contributed by atoms with Crippen molar-refractivity contribution in [2.24, 2.45) is 0 Å². The Bertz CT molecular complexity index is 3660. The van der Waals surface area contributed by atoms with Gasteiger partial charge in [0.25, 0.3) is 0 Å². The van der Waals surface area contributed by atoms with Crippen molar-refractivity contribution < 1.29 is 0 Å². The van der Waals surface area contributed by atoms with Crippen LogP contribution in [0.4, 0.5) is 0 Å². The number of benzene rings is 8. The van der Waals surface area contributed by atoms with Gasteiger partial charge >= 0.3 is 0 Å². The van der Waals surface area contributed by atoms with Crippen LogP contribution in [-0.4, -0.2) is 29.5 Å². The van der Waals surface area contributed by atoms with E-state index in [-0.39, 0.29) is 0 Å². The molecule has 4 heterocycles. The lowest BCUT2D eigenvalue weighted by molar-refractivity contribution is 1.07. The molecule has 6 heteroatoms. The maximum atomic E-state index is 5.26. The van der Waals surface area contributed by atoms with Crippen LogP contribution in [0.15, 0.2) is 243 Å². The smallest absolute Gasteiger partial charge is 0.164 e. The zero-order valence-electron chi connectivity index (χ0n) is 36.3. The highest BCUT2D eigenvalue weighted by atomic mass is 15.0. The van der Waals surface area contributed by atoms with Gasteiger partial charge in [0, 0.05) is 57.9 Å². The van der Waals surface area contributed by atoms with Gasteiger partial charge in [-0.2, -0.15) is 0 Å². The minimum atomic E-state index is 0.595. The number of pyridine rings is 2. The predicted octanol–water partition coefficient (Wildman–Crippen LogP) is 15.1. The summed E-state index contributed by atoms with van der Waals surface area (Å²) in [6.45, 7) is 0. The molecule has 67 heavy (non-hydrogen) atoms. The van der Waals surface area contributed by atoms with E-state index in [4.69, 9.17) is 15.0 Å². The molecule has 4 aromatic heterocycles. The van der Waals surface area contributed by atoms with Gasteiger partial charge in [0.15, 0.2) is 17.5 Å². The number of nitrogens with zero attached hydrogens (tertiary/aromatic N) is 6. The summed E-state index contributed by atoms with van der Waals surface area (Å²) < 4.78 is 2.38. The van der Waals surface area contributed by atoms with E-state index in [1.54, 1.807) is 0 Å². The first-order valence-electron chi connectivity index (χ1n) is 22.4. The van der Waals surface area contributed by atoms with Crippen LogP contribution in [0, 0.1) is 0 Å². The maximum Gasteiger partial charge on any atom is 0.164 e. The van der Waals surface area contributed by atoms with Crippen molar-refractivity contribution in [1.82, 2.24) is 29.5 Å². The molecule has 0 N–H and O–H groups in total. The first-order chi connectivity index (χ1) is 33.2. The second-order valence-electron chi connectivity index (χ2n) is 16.6. The Hall–Kier alpha value is -9.13. The van der Waals surface area contributed by atoms with Crippen LogP contribution < -0.4 is 0 Å². The van der Waals surface area contributed by atoms with Crippen LogP contribution >= 0.6 is 0 Å². The minimum absolute atomic E-state index is 0.595. The molecule has 314 valence electrons. The maximum absolute atomic E-state index is 5.26. The summed E-state index contributed by atoms with van der Waals surface area (Å²) in [5, 5.41) is 2.38. The van der Waals surface area contributed by atoms with Crippen molar-refractivity contribution in [3.8, 4) is 95.5 Å². The van der Waals surface area contributed by atoms with Crippen LogP contribution in [0.1, 0.15) is 0 Å². The van der Waals surface area contributed by atoms with Crippen LogP contribution in [0.3, 0.4) is 0 Å². The molecular weight excluding hydrogens is 817 g/mol. The molecule has 0 spiro atoms. The Labute approximate surface area is 388 Å². The zero-order chi connectivity index (χ0) is 44.5. The number of aromatic nitrogens is 6. The average molecular weight is 857 g/mol. The molecule has 0 unspecified atom stereocenters. The topological polar surface area (TPSA) is 69.4 Å². The van der Waals surface area contributed by atoms with E-state index in [0.717, 1.165) is 77.9 Å². The monoisotopic (exact) mass is 856 g/mol. The summed E-state index contributed by atoms with van der Waals surface area (Å²) in [6.07, 6.45) is 7.33. The lowest BCUT2D eigenvalue weighted by Gasteiger charge is -2.13. The van der Waals surface area contributed by atoms with Crippen LogP contribution in [0.2, 0.25) is 0 Å². The quantitative estimate of drug-likeness (QED) is 0.145. The molecule has 0 aliphatic heterocycles. The van der Waals surface area contributed by atoms with Gasteiger partial charge in [-0.15, -0.1) is 0 Å². The van der Waals surface area contributed by atoms with Crippen molar-refractivity contribution >= 4 is 21.8 Å². The largest absolute Gasteiger partial charge is 0.309 e. The van der Waals surface area contributed by atoms with Crippen molar-refractivity contribution in [2.45, 2.75) is 0 Å². The highest BCUT2D eigenvalue weighted by Gasteiger charge is 2.19. The SMILES string of the molecule is c1ccc(-c2ccc3c(c2)c2c(-c4cccc(-c5nc(-c6ccccc6)nc(-c6cccc(-c7cc(-c8ccncc8)cc(-c8ccncc8)c7)c6)n5)c4)cccc2n3-c2ccccc2)cc1. The molecule has 0 saturated carbocycles. The predicted molar refractivity (Wildman–Crippen MR) is 273 cm³/mol. The molecule has 0 aliphatic carbocycles. The van der Waals surface area contributed by atoms with Crippen LogP contribution in [0.25, 0.3) is 117 Å². The van der Waals surface area contributed by atoms with E-state index in [1.807, 2.05) is 79.4 Å². The molecule has 0 aliphatic rings. The summed E-state index contributed by atoms with van der Waals surface area (Å²) >= 11 is 0. The van der Waals surface area contributed by atoms with Crippen molar-refractivity contribution in [3.05, 3.63) is 243 Å². The van der Waals surface area contributed by atoms with E-state index in [0.29, 0.717) is 17.5 Å². The van der Waals surface area contributed by atoms with Crippen LogP contribution in [0.5, 0.6) is 0 Å². The van der Waals surface area contributed by atoms with Gasteiger partial charge in [0.2, 0.25) is 0 Å². The van der Waals surface area contributed by atoms with Gasteiger partial charge in [-0.1, -0.05) is 133 Å². The number of para-hydroxylation sites is 1. The van der Waals surface area contributed by atoms with Crippen molar-refractivity contribution in [2.75, 3.05) is 0 Å². The molecule has 8 aromatic carbocycles. The number of hydrogen-bond donors (Lipinski definition) is 0. The van der Waals surface area contributed by atoms with E-state index in [9.17, 15) is 0 Å². The first kappa shape index (κ1) is 39.5. The van der Waals surface area contributed by atoms with Gasteiger partial charge in [-0.05, 0) is 141 Å². The van der Waals surface area contributed by atoms with E-state index < -0.39 is 0 Å². The van der Waals surface area contributed by atoms with Gasteiger partial charge < -0.3 is 4.57 Å². The zero-order valence-corrected chi connectivity index (χ0v) is 36.3. The molecule has 0 radical (unpaired) electrons. The van der Waals surface area contributed by atoms with Gasteiger partial charge in [-0.3, -0.25) is 9.97 Å². The Morgan fingerprint density at radius 3 is 1.31 bits per heavy atom. The summed E-state index contributed by atoms with van der Waals surface area (Å²) in [5.41, 5.74) is 17.2. The second-order valence-corrected chi connectivity index (χ2v) is 16.6. The highest BCUT2D eigenvalue weighted by molar-refractivity contribution is 6.16. The molecule has 12 aromatic rings.